The first-order valence-corrected chi connectivity index (χ1v) is 9.31. The summed E-state index contributed by atoms with van der Waals surface area (Å²) in [5, 5.41) is 13.8. The molecule has 0 radical (unpaired) electrons. The molecule has 1 unspecified atom stereocenters. The van der Waals surface area contributed by atoms with Gasteiger partial charge in [0, 0.05) is 12.1 Å². The van der Waals surface area contributed by atoms with Crippen LogP contribution in [0.15, 0.2) is 42.5 Å². The molecule has 2 aromatic rings. The third kappa shape index (κ3) is 4.00. The Balaban J connectivity index is 1.75. The van der Waals surface area contributed by atoms with Crippen LogP contribution in [0, 0.1) is 16.0 Å². The Bertz CT molecular complexity index is 1020. The van der Waals surface area contributed by atoms with Crippen LogP contribution in [-0.2, 0) is 4.79 Å². The molecule has 9 nitrogen and oxygen atoms in total. The first kappa shape index (κ1) is 21.0. The first-order chi connectivity index (χ1) is 14.2. The van der Waals surface area contributed by atoms with Crippen LogP contribution in [0.4, 0.5) is 5.69 Å². The van der Waals surface area contributed by atoms with E-state index in [-0.39, 0.29) is 28.8 Å². The van der Waals surface area contributed by atoms with E-state index in [9.17, 15) is 24.5 Å². The molecule has 0 aliphatic carbocycles. The van der Waals surface area contributed by atoms with E-state index in [1.807, 2.05) is 26.0 Å². The van der Waals surface area contributed by atoms with Gasteiger partial charge in [0.2, 0.25) is 5.91 Å². The number of amides is 3. The van der Waals surface area contributed by atoms with E-state index in [4.69, 9.17) is 4.74 Å². The van der Waals surface area contributed by atoms with E-state index in [0.29, 0.717) is 5.75 Å². The molecule has 0 saturated heterocycles. The Morgan fingerprint density at radius 3 is 2.30 bits per heavy atom. The van der Waals surface area contributed by atoms with Gasteiger partial charge in [0.05, 0.1) is 29.2 Å². The fraction of sp³-hybridized carbons (Fsp3) is 0.286. The molecule has 3 rings (SSSR count). The van der Waals surface area contributed by atoms with Crippen LogP contribution in [0.3, 0.4) is 0 Å². The maximum atomic E-state index is 12.6. The first-order valence-electron chi connectivity index (χ1n) is 9.31. The number of hydrogen-bond donors (Lipinski definition) is 1. The molecule has 0 spiro atoms. The maximum absolute atomic E-state index is 12.6. The molecule has 30 heavy (non-hydrogen) atoms. The zero-order valence-electron chi connectivity index (χ0n) is 16.7. The van der Waals surface area contributed by atoms with Crippen molar-refractivity contribution < 1.29 is 24.0 Å². The van der Waals surface area contributed by atoms with Crippen molar-refractivity contribution in [2.24, 2.45) is 5.92 Å². The van der Waals surface area contributed by atoms with Gasteiger partial charge < -0.3 is 10.1 Å². The molecule has 9 heteroatoms. The third-order valence-corrected chi connectivity index (χ3v) is 4.92. The van der Waals surface area contributed by atoms with Crippen molar-refractivity contribution in [1.29, 1.82) is 0 Å². The molecule has 0 saturated carbocycles. The van der Waals surface area contributed by atoms with Gasteiger partial charge in [-0.1, -0.05) is 26.0 Å². The minimum absolute atomic E-state index is 0.0483. The van der Waals surface area contributed by atoms with Crippen molar-refractivity contribution >= 4 is 23.4 Å². The summed E-state index contributed by atoms with van der Waals surface area (Å²) in [6, 6.07) is 10.4. The van der Waals surface area contributed by atoms with Gasteiger partial charge in [-0.2, -0.15) is 0 Å². The van der Waals surface area contributed by atoms with Gasteiger partial charge in [0.25, 0.3) is 17.5 Å². The number of fused-ring (bicyclic) bond motifs is 1. The number of imide groups is 1. The lowest BCUT2D eigenvalue weighted by Crippen LogP contribution is -2.42. The fourth-order valence-corrected chi connectivity index (χ4v) is 3.34. The number of rotatable bonds is 7. The Labute approximate surface area is 172 Å². The quantitative estimate of drug-likeness (QED) is 0.425. The molecule has 3 amide bonds. The van der Waals surface area contributed by atoms with Crippen LogP contribution in [0.1, 0.15) is 46.2 Å². The number of nitrogens with zero attached hydrogens (tertiary/aromatic N) is 2. The number of non-ortho nitro benzene ring substituents is 1. The van der Waals surface area contributed by atoms with E-state index >= 15 is 0 Å². The minimum atomic E-state index is -0.723. The highest BCUT2D eigenvalue weighted by Crippen LogP contribution is 2.27. The summed E-state index contributed by atoms with van der Waals surface area (Å²) in [5.74, 6) is -1.14. The maximum Gasteiger partial charge on any atom is 0.270 e. The van der Waals surface area contributed by atoms with Crippen LogP contribution in [-0.4, -0.2) is 41.2 Å². The smallest absolute Gasteiger partial charge is 0.270 e. The summed E-state index contributed by atoms with van der Waals surface area (Å²) in [6.45, 7) is 3.41. The second-order valence-corrected chi connectivity index (χ2v) is 7.25. The normalized spacial score (nSPS) is 13.9. The highest BCUT2D eigenvalue weighted by atomic mass is 16.6. The minimum Gasteiger partial charge on any atom is -0.497 e. The van der Waals surface area contributed by atoms with Gasteiger partial charge in [-0.05, 0) is 29.7 Å². The van der Waals surface area contributed by atoms with Gasteiger partial charge in [0.1, 0.15) is 12.3 Å². The average molecular weight is 411 g/mol. The molecule has 0 aromatic heterocycles. The average Bonchev–Trinajstić information content (AvgIpc) is 2.96. The van der Waals surface area contributed by atoms with Crippen LogP contribution < -0.4 is 10.1 Å². The van der Waals surface area contributed by atoms with E-state index in [2.05, 4.69) is 5.32 Å². The Morgan fingerprint density at radius 2 is 1.73 bits per heavy atom. The summed E-state index contributed by atoms with van der Waals surface area (Å²) in [5.41, 5.74) is 0.546. The molecule has 1 atom stereocenters. The number of nitro benzene ring substituents is 1. The summed E-state index contributed by atoms with van der Waals surface area (Å²) >= 11 is 0. The number of ether oxygens (including phenoxy) is 1. The molecule has 0 fully saturated rings. The lowest BCUT2D eigenvalue weighted by atomic mass is 9.96. The van der Waals surface area contributed by atoms with Crippen molar-refractivity contribution in [3.05, 3.63) is 69.3 Å². The number of methoxy groups -OCH3 is 1. The Morgan fingerprint density at radius 1 is 1.10 bits per heavy atom. The number of benzene rings is 2. The van der Waals surface area contributed by atoms with Crippen molar-refractivity contribution in [3.8, 4) is 5.75 Å². The van der Waals surface area contributed by atoms with Gasteiger partial charge >= 0.3 is 0 Å². The lowest BCUT2D eigenvalue weighted by molar-refractivity contribution is -0.384. The van der Waals surface area contributed by atoms with Crippen molar-refractivity contribution in [2.75, 3.05) is 13.7 Å². The molecule has 156 valence electrons. The predicted molar refractivity (Wildman–Crippen MR) is 107 cm³/mol. The molecule has 1 aliphatic heterocycles. The second kappa shape index (κ2) is 8.32. The monoisotopic (exact) mass is 411 g/mol. The number of hydrogen-bond acceptors (Lipinski definition) is 6. The molecular weight excluding hydrogens is 390 g/mol. The van der Waals surface area contributed by atoms with E-state index in [1.165, 1.54) is 6.07 Å². The molecule has 1 N–H and O–H groups in total. The summed E-state index contributed by atoms with van der Waals surface area (Å²) < 4.78 is 5.15. The summed E-state index contributed by atoms with van der Waals surface area (Å²) in [7, 11) is 1.56. The van der Waals surface area contributed by atoms with Crippen molar-refractivity contribution in [2.45, 2.75) is 19.9 Å². The van der Waals surface area contributed by atoms with Crippen molar-refractivity contribution in [3.63, 3.8) is 0 Å². The topological polar surface area (TPSA) is 119 Å². The van der Waals surface area contributed by atoms with Crippen LogP contribution in [0.2, 0.25) is 0 Å². The second-order valence-electron chi connectivity index (χ2n) is 7.25. The molecule has 2 aromatic carbocycles. The Kier molecular flexibility index (Phi) is 5.81. The van der Waals surface area contributed by atoms with Crippen molar-refractivity contribution in [1.82, 2.24) is 10.2 Å². The number of nitro groups is 1. The fourth-order valence-electron chi connectivity index (χ4n) is 3.34. The standard InChI is InChI=1S/C21H21N3O6/c1-12(2)19(13-4-7-15(30-3)8-5-13)22-18(25)11-23-20(26)16-9-6-14(24(28)29)10-17(16)21(23)27/h4-10,12,19H,11H2,1-3H3,(H,22,25). The molecule has 0 bridgehead atoms. The number of carbonyl (C=O) groups is 3. The predicted octanol–water partition coefficient (Wildman–Crippen LogP) is 2.71. The van der Waals surface area contributed by atoms with E-state index < -0.39 is 29.2 Å². The largest absolute Gasteiger partial charge is 0.497 e. The summed E-state index contributed by atoms with van der Waals surface area (Å²) in [6.07, 6.45) is 0. The van der Waals surface area contributed by atoms with Gasteiger partial charge in [-0.15, -0.1) is 0 Å². The molecular formula is C21H21N3O6. The van der Waals surface area contributed by atoms with Gasteiger partial charge in [0.15, 0.2) is 0 Å². The lowest BCUT2D eigenvalue weighted by Gasteiger charge is -2.24. The Hall–Kier alpha value is -3.75. The third-order valence-electron chi connectivity index (χ3n) is 4.92. The number of carbonyl (C=O) groups excluding carboxylic acids is 3. The number of nitrogens with one attached hydrogen (secondary N) is 1. The SMILES string of the molecule is COc1ccc(C(NC(=O)CN2C(=O)c3ccc([N+](=O)[O-])cc3C2=O)C(C)C)cc1. The zero-order chi connectivity index (χ0) is 22.0. The zero-order valence-corrected chi connectivity index (χ0v) is 16.7. The van der Waals surface area contributed by atoms with E-state index in [1.54, 1.807) is 19.2 Å². The highest BCUT2D eigenvalue weighted by Gasteiger charge is 2.38. The van der Waals surface area contributed by atoms with Gasteiger partial charge in [-0.25, -0.2) is 0 Å². The molecule has 1 heterocycles. The molecule has 1 aliphatic rings. The van der Waals surface area contributed by atoms with E-state index in [0.717, 1.165) is 22.6 Å². The van der Waals surface area contributed by atoms with Crippen LogP contribution >= 0.6 is 0 Å². The summed E-state index contributed by atoms with van der Waals surface area (Å²) in [4.78, 5) is 48.8. The van der Waals surface area contributed by atoms with Gasteiger partial charge in [-0.3, -0.25) is 29.4 Å². The highest BCUT2D eigenvalue weighted by molar-refractivity contribution is 6.22. The van der Waals surface area contributed by atoms with Crippen LogP contribution in [0.25, 0.3) is 0 Å². The van der Waals surface area contributed by atoms with Crippen LogP contribution in [0.5, 0.6) is 5.75 Å².